The van der Waals surface area contributed by atoms with Crippen LogP contribution in [0.4, 0.5) is 0 Å². The fourth-order valence-corrected chi connectivity index (χ4v) is 2.43. The number of hydrogen-bond acceptors (Lipinski definition) is 3. The van der Waals surface area contributed by atoms with E-state index in [4.69, 9.17) is 17.0 Å². The molecule has 6 heteroatoms. The van der Waals surface area contributed by atoms with Crippen LogP contribution in [0, 0.1) is 3.57 Å². The van der Waals surface area contributed by atoms with E-state index in [1.165, 1.54) is 3.57 Å². The van der Waals surface area contributed by atoms with Crippen LogP contribution < -0.4 is 10.7 Å². The minimum absolute atomic E-state index is 0.274. The van der Waals surface area contributed by atoms with Crippen LogP contribution in [0.2, 0.25) is 0 Å². The highest BCUT2D eigenvalue weighted by Gasteiger charge is 2.15. The van der Waals surface area contributed by atoms with Gasteiger partial charge >= 0.3 is 0 Å². The van der Waals surface area contributed by atoms with Crippen molar-refractivity contribution in [2.45, 2.75) is 25.9 Å². The molecule has 4 nitrogen and oxygen atoms in total. The predicted octanol–water partition coefficient (Wildman–Crippen LogP) is 2.66. The molecule has 0 amide bonds. The zero-order chi connectivity index (χ0) is 14.4. The maximum atomic E-state index is 5.52. The summed E-state index contributed by atoms with van der Waals surface area (Å²) >= 11 is 7.47. The van der Waals surface area contributed by atoms with E-state index in [-0.39, 0.29) is 6.10 Å². The van der Waals surface area contributed by atoms with Crippen LogP contribution in [0.15, 0.2) is 29.4 Å². The van der Waals surface area contributed by atoms with Gasteiger partial charge in [-0.15, -0.1) is 0 Å². The van der Waals surface area contributed by atoms with Crippen LogP contribution in [-0.4, -0.2) is 30.1 Å². The highest BCUT2D eigenvalue weighted by atomic mass is 127. The highest BCUT2D eigenvalue weighted by molar-refractivity contribution is 14.1. The minimum Gasteiger partial charge on any atom is -0.376 e. The predicted molar refractivity (Wildman–Crippen MR) is 94.1 cm³/mol. The molecule has 0 bridgehead atoms. The van der Waals surface area contributed by atoms with Gasteiger partial charge < -0.3 is 10.1 Å². The Labute approximate surface area is 138 Å². The monoisotopic (exact) mass is 403 g/mol. The number of thiocarbonyl (C=S) groups is 1. The van der Waals surface area contributed by atoms with E-state index in [9.17, 15) is 0 Å². The summed E-state index contributed by atoms with van der Waals surface area (Å²) in [6.45, 7) is 3.55. The van der Waals surface area contributed by atoms with E-state index >= 15 is 0 Å². The van der Waals surface area contributed by atoms with Gasteiger partial charge in [-0.3, -0.25) is 5.43 Å². The van der Waals surface area contributed by atoms with Crippen molar-refractivity contribution in [1.82, 2.24) is 10.7 Å². The molecule has 0 aliphatic carbocycles. The van der Waals surface area contributed by atoms with Crippen molar-refractivity contribution < 1.29 is 4.74 Å². The van der Waals surface area contributed by atoms with Gasteiger partial charge in [0.1, 0.15) is 0 Å². The average Bonchev–Trinajstić information content (AvgIpc) is 2.96. The molecular formula is C14H18IN3OS. The molecule has 1 saturated heterocycles. The van der Waals surface area contributed by atoms with Crippen molar-refractivity contribution in [3.63, 3.8) is 0 Å². The number of ether oxygens (including phenoxy) is 1. The summed E-state index contributed by atoms with van der Waals surface area (Å²) in [5, 5.41) is 7.95. The fraction of sp³-hybridized carbons (Fsp3) is 0.429. The number of hydrazone groups is 1. The Morgan fingerprint density at radius 1 is 1.45 bits per heavy atom. The molecule has 1 aliphatic heterocycles. The second kappa shape index (κ2) is 7.90. The molecule has 0 unspecified atom stereocenters. The first-order valence-electron chi connectivity index (χ1n) is 6.61. The lowest BCUT2D eigenvalue weighted by Crippen LogP contribution is -2.37. The summed E-state index contributed by atoms with van der Waals surface area (Å²) in [4.78, 5) is 0. The van der Waals surface area contributed by atoms with Crippen molar-refractivity contribution in [3.05, 3.63) is 33.4 Å². The van der Waals surface area contributed by atoms with Gasteiger partial charge in [0.25, 0.3) is 0 Å². The highest BCUT2D eigenvalue weighted by Crippen LogP contribution is 2.10. The van der Waals surface area contributed by atoms with Crippen LogP contribution >= 0.6 is 34.8 Å². The zero-order valence-corrected chi connectivity index (χ0v) is 14.3. The third kappa shape index (κ3) is 4.99. The molecule has 0 saturated carbocycles. The summed E-state index contributed by atoms with van der Waals surface area (Å²) in [7, 11) is 0. The maximum Gasteiger partial charge on any atom is 0.187 e. The smallest absolute Gasteiger partial charge is 0.187 e. The first-order valence-corrected chi connectivity index (χ1v) is 8.09. The largest absolute Gasteiger partial charge is 0.376 e. The number of rotatable bonds is 4. The van der Waals surface area contributed by atoms with Gasteiger partial charge in [-0.05, 0) is 72.3 Å². The van der Waals surface area contributed by atoms with Crippen molar-refractivity contribution in [2.75, 3.05) is 13.2 Å². The van der Waals surface area contributed by atoms with Crippen LogP contribution in [0.25, 0.3) is 0 Å². The van der Waals surface area contributed by atoms with Crippen LogP contribution in [0.3, 0.4) is 0 Å². The number of hydrogen-bond donors (Lipinski definition) is 2. The Morgan fingerprint density at radius 2 is 2.20 bits per heavy atom. The Morgan fingerprint density at radius 3 is 2.85 bits per heavy atom. The van der Waals surface area contributed by atoms with Gasteiger partial charge in [0.05, 0.1) is 11.8 Å². The van der Waals surface area contributed by atoms with Crippen LogP contribution in [0.1, 0.15) is 25.3 Å². The zero-order valence-electron chi connectivity index (χ0n) is 11.4. The summed E-state index contributed by atoms with van der Waals surface area (Å²) in [5.41, 5.74) is 4.86. The lowest BCUT2D eigenvalue weighted by molar-refractivity contribution is 0.114. The first kappa shape index (κ1) is 15.7. The Balaban J connectivity index is 1.78. The Kier molecular flexibility index (Phi) is 6.18. The Bertz CT molecular complexity index is 484. The topological polar surface area (TPSA) is 45.7 Å². The molecule has 1 aliphatic rings. The number of nitrogens with one attached hydrogen (secondary N) is 2. The minimum atomic E-state index is 0.274. The van der Waals surface area contributed by atoms with Gasteiger partial charge in [0, 0.05) is 16.7 Å². The molecule has 0 aromatic heterocycles. The quantitative estimate of drug-likeness (QED) is 0.351. The molecule has 2 rings (SSSR count). The molecule has 0 spiro atoms. The molecule has 1 heterocycles. The molecule has 0 radical (unpaired) electrons. The third-order valence-electron chi connectivity index (χ3n) is 3.10. The van der Waals surface area contributed by atoms with Crippen molar-refractivity contribution >= 4 is 45.6 Å². The standard InChI is InChI=1S/C14H18IN3OS/c1-10(11-4-6-12(15)7-5-11)17-18-14(20)16-9-13-3-2-8-19-13/h4-7,13H,2-3,8-9H2,1H3,(H2,16,18,20)/b17-10-/t13-/m1/s1. The van der Waals surface area contributed by atoms with E-state index in [0.717, 1.165) is 37.3 Å². The van der Waals surface area contributed by atoms with Crippen LogP contribution in [0.5, 0.6) is 0 Å². The Hall–Kier alpha value is -0.730. The second-order valence-corrected chi connectivity index (χ2v) is 6.31. The maximum absolute atomic E-state index is 5.52. The van der Waals surface area contributed by atoms with Gasteiger partial charge in [-0.25, -0.2) is 0 Å². The molecule has 108 valence electrons. The molecule has 1 aromatic rings. The average molecular weight is 403 g/mol. The summed E-state index contributed by atoms with van der Waals surface area (Å²) in [5.74, 6) is 0. The van der Waals surface area contributed by atoms with Crippen molar-refractivity contribution in [3.8, 4) is 0 Å². The van der Waals surface area contributed by atoms with Gasteiger partial charge in [-0.2, -0.15) is 5.10 Å². The molecule has 1 aromatic carbocycles. The third-order valence-corrected chi connectivity index (χ3v) is 4.06. The van der Waals surface area contributed by atoms with Gasteiger partial charge in [0.2, 0.25) is 0 Å². The van der Waals surface area contributed by atoms with Gasteiger partial charge in [0.15, 0.2) is 5.11 Å². The second-order valence-electron chi connectivity index (χ2n) is 4.66. The van der Waals surface area contributed by atoms with Crippen LogP contribution in [-0.2, 0) is 4.74 Å². The fourth-order valence-electron chi connectivity index (χ4n) is 1.94. The molecule has 1 atom stereocenters. The molecule has 1 fully saturated rings. The van der Waals surface area contributed by atoms with E-state index in [2.05, 4.69) is 50.6 Å². The normalized spacial score (nSPS) is 18.9. The molecular weight excluding hydrogens is 385 g/mol. The molecule has 2 N–H and O–H groups in total. The first-order chi connectivity index (χ1) is 9.65. The lowest BCUT2D eigenvalue weighted by atomic mass is 10.1. The summed E-state index contributed by atoms with van der Waals surface area (Å²) in [6, 6.07) is 8.21. The van der Waals surface area contributed by atoms with Crippen molar-refractivity contribution in [1.29, 1.82) is 0 Å². The van der Waals surface area contributed by atoms with E-state index < -0.39 is 0 Å². The van der Waals surface area contributed by atoms with E-state index in [1.54, 1.807) is 0 Å². The summed E-state index contributed by atoms with van der Waals surface area (Å²) < 4.78 is 6.73. The number of nitrogens with zero attached hydrogens (tertiary/aromatic N) is 1. The van der Waals surface area contributed by atoms with E-state index in [0.29, 0.717) is 5.11 Å². The number of halogens is 1. The van der Waals surface area contributed by atoms with Crippen molar-refractivity contribution in [2.24, 2.45) is 5.10 Å². The van der Waals surface area contributed by atoms with E-state index in [1.807, 2.05) is 19.1 Å². The molecule has 20 heavy (non-hydrogen) atoms. The number of benzene rings is 1. The SMILES string of the molecule is C/C(=N/NC(=S)NC[C@H]1CCCO1)c1ccc(I)cc1. The summed E-state index contributed by atoms with van der Waals surface area (Å²) in [6.07, 6.45) is 2.51. The lowest BCUT2D eigenvalue weighted by Gasteiger charge is -2.12. The van der Waals surface area contributed by atoms with Gasteiger partial charge in [-0.1, -0.05) is 12.1 Å².